The van der Waals surface area contributed by atoms with Crippen LogP contribution in [0.4, 0.5) is 8.78 Å². The predicted molar refractivity (Wildman–Crippen MR) is 68.9 cm³/mol. The van der Waals surface area contributed by atoms with Gasteiger partial charge in [0.1, 0.15) is 11.6 Å². The van der Waals surface area contributed by atoms with Crippen molar-refractivity contribution in [3.63, 3.8) is 0 Å². The normalized spacial score (nSPS) is 10.4. The van der Waals surface area contributed by atoms with Gasteiger partial charge in [0.05, 0.1) is 5.02 Å². The van der Waals surface area contributed by atoms with E-state index in [2.05, 4.69) is 15.9 Å². The lowest BCUT2D eigenvalue weighted by molar-refractivity contribution is 0.103. The second-order valence-corrected chi connectivity index (χ2v) is 4.93. The molecule has 2 rings (SSSR count). The van der Waals surface area contributed by atoms with E-state index in [-0.39, 0.29) is 16.1 Å². The number of rotatable bonds is 2. The van der Waals surface area contributed by atoms with Gasteiger partial charge in [-0.25, -0.2) is 8.78 Å². The lowest BCUT2D eigenvalue weighted by Gasteiger charge is -2.05. The van der Waals surface area contributed by atoms with Crippen molar-refractivity contribution in [3.8, 4) is 0 Å². The van der Waals surface area contributed by atoms with E-state index < -0.39 is 17.4 Å². The van der Waals surface area contributed by atoms with Gasteiger partial charge in [-0.3, -0.25) is 4.79 Å². The number of ketones is 1. The van der Waals surface area contributed by atoms with E-state index in [9.17, 15) is 13.6 Å². The molecule has 0 radical (unpaired) electrons. The largest absolute Gasteiger partial charge is 0.289 e. The summed E-state index contributed by atoms with van der Waals surface area (Å²) in [7, 11) is 0. The molecule has 0 heterocycles. The number of halogens is 4. The monoisotopic (exact) mass is 330 g/mol. The van der Waals surface area contributed by atoms with Gasteiger partial charge < -0.3 is 0 Å². The molecular formula is C13H6BrClF2O. The Bertz CT molecular complexity index is 608. The molecule has 0 saturated carbocycles. The van der Waals surface area contributed by atoms with Crippen molar-refractivity contribution >= 4 is 33.3 Å². The van der Waals surface area contributed by atoms with Crippen LogP contribution in [0, 0.1) is 11.6 Å². The average molecular weight is 332 g/mol. The molecule has 0 amide bonds. The number of benzene rings is 2. The number of carbonyl (C=O) groups is 1. The molecule has 0 aliphatic rings. The molecule has 1 nitrogen and oxygen atoms in total. The van der Waals surface area contributed by atoms with Crippen LogP contribution in [0.15, 0.2) is 40.9 Å². The molecule has 0 bridgehead atoms. The predicted octanol–water partition coefficient (Wildman–Crippen LogP) is 4.61. The van der Waals surface area contributed by atoms with Crippen molar-refractivity contribution in [1.82, 2.24) is 0 Å². The molecule has 0 saturated heterocycles. The minimum absolute atomic E-state index is 0.0764. The first kappa shape index (κ1) is 13.2. The molecular weight excluding hydrogens is 325 g/mol. The third kappa shape index (κ3) is 2.76. The summed E-state index contributed by atoms with van der Waals surface area (Å²) in [5.41, 5.74) is 0.114. The zero-order valence-electron chi connectivity index (χ0n) is 8.88. The summed E-state index contributed by atoms with van der Waals surface area (Å²) in [4.78, 5) is 12.1. The SMILES string of the molecule is O=C(c1cc(F)cc(F)c1)c1cc(Br)ccc1Cl. The van der Waals surface area contributed by atoms with Crippen molar-refractivity contribution in [2.75, 3.05) is 0 Å². The zero-order valence-corrected chi connectivity index (χ0v) is 11.2. The highest BCUT2D eigenvalue weighted by atomic mass is 79.9. The Kier molecular flexibility index (Phi) is 3.78. The molecule has 92 valence electrons. The molecule has 5 heteroatoms. The Morgan fingerprint density at radius 2 is 1.67 bits per heavy atom. The standard InChI is InChI=1S/C13H6BrClF2O/c14-8-1-2-12(15)11(5-8)13(18)7-3-9(16)6-10(17)4-7/h1-6H. The second kappa shape index (κ2) is 5.16. The third-order valence-corrected chi connectivity index (χ3v) is 3.12. The van der Waals surface area contributed by atoms with Crippen LogP contribution in [0.25, 0.3) is 0 Å². The van der Waals surface area contributed by atoms with E-state index in [0.717, 1.165) is 12.1 Å². The maximum atomic E-state index is 13.0. The first-order valence-corrected chi connectivity index (χ1v) is 6.10. The minimum atomic E-state index is -0.801. The fourth-order valence-electron chi connectivity index (χ4n) is 1.51. The van der Waals surface area contributed by atoms with Gasteiger partial charge in [0.25, 0.3) is 0 Å². The topological polar surface area (TPSA) is 17.1 Å². The number of hydrogen-bond acceptors (Lipinski definition) is 1. The van der Waals surface area contributed by atoms with Crippen molar-refractivity contribution < 1.29 is 13.6 Å². The number of hydrogen-bond donors (Lipinski definition) is 0. The van der Waals surface area contributed by atoms with Crippen molar-refractivity contribution in [3.05, 3.63) is 68.7 Å². The van der Waals surface area contributed by atoms with Crippen LogP contribution in [0.2, 0.25) is 5.02 Å². The van der Waals surface area contributed by atoms with E-state index in [1.807, 2.05) is 0 Å². The van der Waals surface area contributed by atoms with E-state index in [4.69, 9.17) is 11.6 Å². The smallest absolute Gasteiger partial charge is 0.194 e. The molecule has 0 aromatic heterocycles. The lowest BCUT2D eigenvalue weighted by atomic mass is 10.0. The highest BCUT2D eigenvalue weighted by Gasteiger charge is 2.15. The van der Waals surface area contributed by atoms with Crippen LogP contribution < -0.4 is 0 Å². The van der Waals surface area contributed by atoms with Gasteiger partial charge in [0.15, 0.2) is 5.78 Å². The fourth-order valence-corrected chi connectivity index (χ4v) is 2.08. The van der Waals surface area contributed by atoms with Crippen LogP contribution in [0.5, 0.6) is 0 Å². The summed E-state index contributed by atoms with van der Waals surface area (Å²) in [5, 5.41) is 0.230. The van der Waals surface area contributed by atoms with Gasteiger partial charge in [-0.2, -0.15) is 0 Å². The van der Waals surface area contributed by atoms with Gasteiger partial charge >= 0.3 is 0 Å². The summed E-state index contributed by atoms with van der Waals surface area (Å²) in [6.07, 6.45) is 0. The van der Waals surface area contributed by atoms with E-state index >= 15 is 0 Å². The molecule has 2 aromatic carbocycles. The lowest BCUT2D eigenvalue weighted by Crippen LogP contribution is -2.03. The Morgan fingerprint density at radius 1 is 1.06 bits per heavy atom. The molecule has 0 aliphatic heterocycles. The van der Waals surface area contributed by atoms with E-state index in [1.54, 1.807) is 6.07 Å². The minimum Gasteiger partial charge on any atom is -0.289 e. The van der Waals surface area contributed by atoms with Crippen LogP contribution >= 0.6 is 27.5 Å². The summed E-state index contributed by atoms with van der Waals surface area (Å²) >= 11 is 9.10. The Morgan fingerprint density at radius 3 is 2.28 bits per heavy atom. The maximum absolute atomic E-state index is 13.0. The quantitative estimate of drug-likeness (QED) is 0.734. The molecule has 0 atom stereocenters. The van der Waals surface area contributed by atoms with Crippen molar-refractivity contribution in [2.45, 2.75) is 0 Å². The van der Waals surface area contributed by atoms with Crippen molar-refractivity contribution in [1.29, 1.82) is 0 Å². The van der Waals surface area contributed by atoms with Crippen LogP contribution in [0.1, 0.15) is 15.9 Å². The van der Waals surface area contributed by atoms with Gasteiger partial charge in [0, 0.05) is 21.7 Å². The number of carbonyl (C=O) groups excluding carboxylic acids is 1. The molecule has 0 N–H and O–H groups in total. The third-order valence-electron chi connectivity index (χ3n) is 2.30. The highest BCUT2D eigenvalue weighted by molar-refractivity contribution is 9.10. The van der Waals surface area contributed by atoms with Crippen LogP contribution in [0.3, 0.4) is 0 Å². The van der Waals surface area contributed by atoms with Crippen molar-refractivity contribution in [2.24, 2.45) is 0 Å². The second-order valence-electron chi connectivity index (χ2n) is 3.61. The summed E-state index contributed by atoms with van der Waals surface area (Å²) in [6.45, 7) is 0. The van der Waals surface area contributed by atoms with E-state index in [0.29, 0.717) is 10.5 Å². The molecule has 0 aliphatic carbocycles. The Labute approximate surface area is 116 Å². The highest BCUT2D eigenvalue weighted by Crippen LogP contribution is 2.24. The first-order valence-electron chi connectivity index (χ1n) is 4.93. The molecule has 0 fully saturated rings. The van der Waals surface area contributed by atoms with Gasteiger partial charge in [0.2, 0.25) is 0 Å². The fraction of sp³-hybridized carbons (Fsp3) is 0. The van der Waals surface area contributed by atoms with Crippen LogP contribution in [-0.4, -0.2) is 5.78 Å². The maximum Gasteiger partial charge on any atom is 0.194 e. The Hall–Kier alpha value is -1.26. The summed E-state index contributed by atoms with van der Waals surface area (Å²) in [5.74, 6) is -2.13. The average Bonchev–Trinajstić information content (AvgIpc) is 2.30. The molecule has 18 heavy (non-hydrogen) atoms. The molecule has 2 aromatic rings. The zero-order chi connectivity index (χ0) is 13.3. The first-order chi connectivity index (χ1) is 8.47. The molecule has 0 spiro atoms. The van der Waals surface area contributed by atoms with Crippen LogP contribution in [-0.2, 0) is 0 Å². The Balaban J connectivity index is 2.51. The molecule has 0 unspecified atom stereocenters. The summed E-state index contributed by atoms with van der Waals surface area (Å²) < 4.78 is 26.8. The van der Waals surface area contributed by atoms with E-state index in [1.165, 1.54) is 12.1 Å². The van der Waals surface area contributed by atoms with Gasteiger partial charge in [-0.05, 0) is 30.3 Å². The van der Waals surface area contributed by atoms with Gasteiger partial charge in [-0.1, -0.05) is 27.5 Å². The van der Waals surface area contributed by atoms with Gasteiger partial charge in [-0.15, -0.1) is 0 Å². The summed E-state index contributed by atoms with van der Waals surface area (Å²) in [6, 6.07) is 7.37.